The minimum atomic E-state index is -3.11. The lowest BCUT2D eigenvalue weighted by Crippen LogP contribution is -2.09. The Bertz CT molecular complexity index is 840. The molecule has 0 aromatic heterocycles. The van der Waals surface area contributed by atoms with Crippen molar-refractivity contribution in [3.8, 4) is 11.5 Å². The van der Waals surface area contributed by atoms with Crippen molar-refractivity contribution in [1.29, 1.82) is 0 Å². The maximum absolute atomic E-state index is 12.5. The molecule has 2 aromatic rings. The van der Waals surface area contributed by atoms with Gasteiger partial charge in [0.2, 0.25) is 5.91 Å². The van der Waals surface area contributed by atoms with Gasteiger partial charge in [0.05, 0.1) is 17.7 Å². The highest BCUT2D eigenvalue weighted by atomic mass is 19.3. The fourth-order valence-electron chi connectivity index (χ4n) is 2.07. The molecular weight excluding hydrogens is 350 g/mol. The van der Waals surface area contributed by atoms with Crippen molar-refractivity contribution in [2.24, 2.45) is 0 Å². The average Bonchev–Trinajstić information content (AvgIpc) is 2.60. The van der Waals surface area contributed by atoms with E-state index in [-0.39, 0.29) is 17.0 Å². The number of carbonyl (C=O) groups excluding carboxylic acids is 1. The van der Waals surface area contributed by atoms with Gasteiger partial charge in [-0.25, -0.2) is 0 Å². The summed E-state index contributed by atoms with van der Waals surface area (Å²) >= 11 is 0. The first-order chi connectivity index (χ1) is 12.4. The van der Waals surface area contributed by atoms with Gasteiger partial charge >= 0.3 is 6.61 Å². The molecule has 0 saturated heterocycles. The van der Waals surface area contributed by atoms with Crippen molar-refractivity contribution < 1.29 is 28.0 Å². The summed E-state index contributed by atoms with van der Waals surface area (Å²) in [6.45, 7) is -3.11. The highest BCUT2D eigenvalue weighted by Gasteiger charge is 2.14. The number of nitro benzene ring substituents is 1. The molecule has 0 heterocycles. The maximum atomic E-state index is 12.5. The molecule has 0 fully saturated rings. The minimum Gasteiger partial charge on any atom is -0.495 e. The fraction of sp³-hybridized carbons (Fsp3) is 0.118. The molecule has 1 N–H and O–H groups in total. The number of amides is 1. The molecule has 1 amide bonds. The zero-order chi connectivity index (χ0) is 19.1. The number of hydrogen-bond donors (Lipinski definition) is 1. The standard InChI is InChI=1S/C17H14F2N2O5/c1-25-15-5-3-2-4-13(15)20-16(22)9-6-11-10-12(21(23)24)7-8-14(11)26-17(18)19/h2-10,17H,1H3,(H,20,22). The van der Waals surface area contributed by atoms with Crippen LogP contribution in [0.3, 0.4) is 0 Å². The number of carbonyl (C=O) groups is 1. The smallest absolute Gasteiger partial charge is 0.387 e. The van der Waals surface area contributed by atoms with E-state index >= 15 is 0 Å². The summed E-state index contributed by atoms with van der Waals surface area (Å²) in [6.07, 6.45) is 2.19. The predicted molar refractivity (Wildman–Crippen MR) is 90.4 cm³/mol. The quantitative estimate of drug-likeness (QED) is 0.458. The fourth-order valence-corrected chi connectivity index (χ4v) is 2.07. The molecule has 136 valence electrons. The summed E-state index contributed by atoms with van der Waals surface area (Å²) in [7, 11) is 1.44. The number of benzene rings is 2. The Morgan fingerprint density at radius 1 is 1.23 bits per heavy atom. The first kappa shape index (κ1) is 18.8. The Balaban J connectivity index is 2.23. The van der Waals surface area contributed by atoms with E-state index in [1.54, 1.807) is 24.3 Å². The summed E-state index contributed by atoms with van der Waals surface area (Å²) in [5.74, 6) is -0.428. The molecule has 0 saturated carbocycles. The highest BCUT2D eigenvalue weighted by molar-refractivity contribution is 6.03. The lowest BCUT2D eigenvalue weighted by Gasteiger charge is -2.09. The van der Waals surface area contributed by atoms with Gasteiger partial charge in [-0.2, -0.15) is 8.78 Å². The minimum absolute atomic E-state index is 0.0327. The molecule has 0 aliphatic heterocycles. The second-order valence-corrected chi connectivity index (χ2v) is 4.88. The number of nitro groups is 1. The molecule has 26 heavy (non-hydrogen) atoms. The topological polar surface area (TPSA) is 90.7 Å². The van der Waals surface area contributed by atoms with Crippen LogP contribution in [0, 0.1) is 10.1 Å². The Kier molecular flexibility index (Phi) is 6.20. The SMILES string of the molecule is COc1ccccc1NC(=O)C=Cc1cc([N+](=O)[O-])ccc1OC(F)F. The Morgan fingerprint density at radius 3 is 2.62 bits per heavy atom. The van der Waals surface area contributed by atoms with E-state index in [4.69, 9.17) is 4.74 Å². The number of para-hydroxylation sites is 2. The van der Waals surface area contributed by atoms with E-state index in [1.807, 2.05) is 0 Å². The third-order valence-corrected chi connectivity index (χ3v) is 3.20. The van der Waals surface area contributed by atoms with Crippen LogP contribution in [0.15, 0.2) is 48.5 Å². The first-order valence-electron chi connectivity index (χ1n) is 7.26. The Hall–Kier alpha value is -3.49. The molecule has 0 bridgehead atoms. The third-order valence-electron chi connectivity index (χ3n) is 3.20. The molecule has 2 rings (SSSR count). The number of ether oxygens (including phenoxy) is 2. The van der Waals surface area contributed by atoms with Crippen molar-refractivity contribution in [2.45, 2.75) is 6.61 Å². The maximum Gasteiger partial charge on any atom is 0.387 e. The molecule has 2 aromatic carbocycles. The molecule has 7 nitrogen and oxygen atoms in total. The number of nitrogens with one attached hydrogen (secondary N) is 1. The van der Waals surface area contributed by atoms with Crippen LogP contribution < -0.4 is 14.8 Å². The van der Waals surface area contributed by atoms with E-state index in [9.17, 15) is 23.7 Å². The van der Waals surface area contributed by atoms with Crippen molar-refractivity contribution >= 4 is 23.4 Å². The Labute approximate surface area is 147 Å². The highest BCUT2D eigenvalue weighted by Crippen LogP contribution is 2.27. The van der Waals surface area contributed by atoms with Crippen LogP contribution in [0.5, 0.6) is 11.5 Å². The molecule has 0 spiro atoms. The van der Waals surface area contributed by atoms with E-state index in [0.29, 0.717) is 11.4 Å². The molecule has 0 atom stereocenters. The lowest BCUT2D eigenvalue weighted by atomic mass is 10.1. The second-order valence-electron chi connectivity index (χ2n) is 4.88. The van der Waals surface area contributed by atoms with Crippen molar-refractivity contribution in [1.82, 2.24) is 0 Å². The lowest BCUT2D eigenvalue weighted by molar-refractivity contribution is -0.384. The zero-order valence-electron chi connectivity index (χ0n) is 13.5. The van der Waals surface area contributed by atoms with Gasteiger partial charge in [-0.15, -0.1) is 0 Å². The molecule has 9 heteroatoms. The number of nitrogens with zero attached hydrogens (tertiary/aromatic N) is 1. The van der Waals surface area contributed by atoms with Gasteiger partial charge in [0.1, 0.15) is 11.5 Å². The monoisotopic (exact) mass is 364 g/mol. The van der Waals surface area contributed by atoms with Gasteiger partial charge in [0.15, 0.2) is 0 Å². The third kappa shape index (κ3) is 5.00. The van der Waals surface area contributed by atoms with E-state index in [1.165, 1.54) is 7.11 Å². The van der Waals surface area contributed by atoms with Crippen LogP contribution in [0.2, 0.25) is 0 Å². The first-order valence-corrected chi connectivity index (χ1v) is 7.26. The molecular formula is C17H14F2N2O5. The molecule has 0 unspecified atom stereocenters. The van der Waals surface area contributed by atoms with Gasteiger partial charge in [-0.1, -0.05) is 12.1 Å². The number of halogens is 2. The summed E-state index contributed by atoms with van der Waals surface area (Å²) < 4.78 is 34.3. The molecule has 0 radical (unpaired) electrons. The van der Waals surface area contributed by atoms with Crippen LogP contribution >= 0.6 is 0 Å². The zero-order valence-corrected chi connectivity index (χ0v) is 13.5. The van der Waals surface area contributed by atoms with Crippen molar-refractivity contribution in [2.75, 3.05) is 12.4 Å². The van der Waals surface area contributed by atoms with Crippen LogP contribution in [0.4, 0.5) is 20.2 Å². The van der Waals surface area contributed by atoms with Crippen LogP contribution in [0.25, 0.3) is 6.08 Å². The van der Waals surface area contributed by atoms with Crippen LogP contribution in [-0.2, 0) is 4.79 Å². The number of rotatable bonds is 7. The van der Waals surface area contributed by atoms with Gasteiger partial charge < -0.3 is 14.8 Å². The van der Waals surface area contributed by atoms with Gasteiger partial charge in [-0.3, -0.25) is 14.9 Å². The Morgan fingerprint density at radius 2 is 1.96 bits per heavy atom. The average molecular weight is 364 g/mol. The number of non-ortho nitro benzene ring substituents is 1. The van der Waals surface area contributed by atoms with Gasteiger partial charge in [-0.05, 0) is 24.3 Å². The normalized spacial score (nSPS) is 10.8. The summed E-state index contributed by atoms with van der Waals surface area (Å²) in [5.41, 5.74) is 0.0545. The summed E-state index contributed by atoms with van der Waals surface area (Å²) in [5, 5.41) is 13.4. The van der Waals surface area contributed by atoms with E-state index in [2.05, 4.69) is 10.1 Å². The van der Waals surface area contributed by atoms with Crippen LogP contribution in [0.1, 0.15) is 5.56 Å². The van der Waals surface area contributed by atoms with Crippen molar-refractivity contribution in [3.05, 3.63) is 64.2 Å². The largest absolute Gasteiger partial charge is 0.495 e. The second kappa shape index (κ2) is 8.56. The van der Waals surface area contributed by atoms with Crippen LogP contribution in [-0.4, -0.2) is 24.6 Å². The number of alkyl halides is 2. The number of hydrogen-bond acceptors (Lipinski definition) is 5. The summed E-state index contributed by atoms with van der Waals surface area (Å²) in [6, 6.07) is 9.78. The summed E-state index contributed by atoms with van der Waals surface area (Å²) in [4.78, 5) is 22.2. The predicted octanol–water partition coefficient (Wildman–Crippen LogP) is 3.86. The van der Waals surface area contributed by atoms with Gasteiger partial charge in [0, 0.05) is 23.8 Å². The van der Waals surface area contributed by atoms with E-state index in [0.717, 1.165) is 30.4 Å². The van der Waals surface area contributed by atoms with Crippen molar-refractivity contribution in [3.63, 3.8) is 0 Å². The van der Waals surface area contributed by atoms with E-state index < -0.39 is 17.4 Å². The number of methoxy groups -OCH3 is 1. The molecule has 0 aliphatic rings. The molecule has 0 aliphatic carbocycles. The number of anilines is 1. The van der Waals surface area contributed by atoms with Gasteiger partial charge in [0.25, 0.3) is 5.69 Å².